The third-order valence-corrected chi connectivity index (χ3v) is 8.23. The van der Waals surface area contributed by atoms with Gasteiger partial charge >= 0.3 is 0 Å². The van der Waals surface area contributed by atoms with E-state index in [1.165, 1.54) is 0 Å². The molecule has 2 heterocycles. The second-order valence-electron chi connectivity index (χ2n) is 9.43. The molecule has 2 N–H and O–H groups in total. The van der Waals surface area contributed by atoms with Gasteiger partial charge in [0.05, 0.1) is 10.1 Å². The van der Waals surface area contributed by atoms with Crippen LogP contribution in [0.3, 0.4) is 0 Å². The van der Waals surface area contributed by atoms with Crippen molar-refractivity contribution < 1.29 is 19.7 Å². The standard InChI is InChI=1S/C28H31NO4S.ClH/c1-18-16-29(17-19(18)2)13-14-32-24-10-5-20(6-11-24)27-28(21-3-7-22(30)8-4-21)34-26-15-23(31)9-12-25(26)33-27;/h3-12,15,18-19,27-28,30-31H,13-14,16-17H2,1-2H3;1H/t18-,19+,27-,28+;/m0./s1. The smallest absolute Gasteiger partial charge is 0.140 e. The van der Waals surface area contributed by atoms with Crippen LogP contribution in [0.15, 0.2) is 71.6 Å². The van der Waals surface area contributed by atoms with E-state index in [4.69, 9.17) is 9.47 Å². The number of ether oxygens (including phenoxy) is 2. The summed E-state index contributed by atoms with van der Waals surface area (Å²) in [5.74, 6) is 3.58. The Morgan fingerprint density at radius 2 is 1.51 bits per heavy atom. The molecule has 3 aromatic rings. The van der Waals surface area contributed by atoms with E-state index in [1.807, 2.05) is 30.3 Å². The van der Waals surface area contributed by atoms with E-state index >= 15 is 0 Å². The molecule has 0 unspecified atom stereocenters. The fourth-order valence-corrected chi connectivity index (χ4v) is 6.04. The highest BCUT2D eigenvalue weighted by Gasteiger charge is 2.33. The van der Waals surface area contributed by atoms with Gasteiger partial charge in [-0.1, -0.05) is 38.1 Å². The maximum atomic E-state index is 9.94. The van der Waals surface area contributed by atoms with Crippen LogP contribution < -0.4 is 9.47 Å². The summed E-state index contributed by atoms with van der Waals surface area (Å²) >= 11 is 1.66. The molecular formula is C28H32ClNO4S. The van der Waals surface area contributed by atoms with Crippen molar-refractivity contribution in [3.05, 3.63) is 77.9 Å². The summed E-state index contributed by atoms with van der Waals surface area (Å²) in [5.41, 5.74) is 2.11. The van der Waals surface area contributed by atoms with E-state index in [2.05, 4.69) is 30.9 Å². The first-order chi connectivity index (χ1) is 16.5. The van der Waals surface area contributed by atoms with Crippen LogP contribution in [-0.4, -0.2) is 41.4 Å². The van der Waals surface area contributed by atoms with Crippen LogP contribution in [0.1, 0.15) is 36.3 Å². The molecule has 35 heavy (non-hydrogen) atoms. The van der Waals surface area contributed by atoms with E-state index in [-0.39, 0.29) is 35.3 Å². The fraction of sp³-hybridized carbons (Fsp3) is 0.357. The van der Waals surface area contributed by atoms with E-state index in [9.17, 15) is 10.2 Å². The third kappa shape index (κ3) is 5.83. The molecule has 2 aliphatic rings. The van der Waals surface area contributed by atoms with Gasteiger partial charge in [0.1, 0.15) is 35.7 Å². The summed E-state index contributed by atoms with van der Waals surface area (Å²) in [7, 11) is 0. The minimum absolute atomic E-state index is 0. The highest BCUT2D eigenvalue weighted by Crippen LogP contribution is 2.54. The Bertz CT molecular complexity index is 1110. The van der Waals surface area contributed by atoms with Gasteiger partial charge in [-0.3, -0.25) is 4.90 Å². The van der Waals surface area contributed by atoms with E-state index in [0.29, 0.717) is 6.61 Å². The lowest BCUT2D eigenvalue weighted by molar-refractivity contribution is 0.190. The van der Waals surface area contributed by atoms with Gasteiger partial charge < -0.3 is 19.7 Å². The minimum Gasteiger partial charge on any atom is -0.508 e. The molecule has 1 saturated heterocycles. The first-order valence-corrected chi connectivity index (χ1v) is 12.7. The number of rotatable bonds is 6. The predicted molar refractivity (Wildman–Crippen MR) is 142 cm³/mol. The van der Waals surface area contributed by atoms with Crippen LogP contribution in [0.5, 0.6) is 23.0 Å². The minimum atomic E-state index is -0.215. The number of phenolic OH excluding ortho intramolecular Hbond substituents is 2. The Morgan fingerprint density at radius 1 is 0.886 bits per heavy atom. The number of halogens is 1. The molecule has 0 aromatic heterocycles. The summed E-state index contributed by atoms with van der Waals surface area (Å²) in [6.45, 7) is 8.58. The lowest BCUT2D eigenvalue weighted by Gasteiger charge is -2.34. The van der Waals surface area contributed by atoms with Crippen LogP contribution in [0.25, 0.3) is 0 Å². The SMILES string of the molecule is C[C@@H]1CN(CCOc2ccc([C@@H]3Oc4ccc(O)cc4S[C@@H]3c3ccc(O)cc3)cc2)C[C@@H]1C.Cl. The maximum Gasteiger partial charge on any atom is 0.140 e. The average molecular weight is 514 g/mol. The van der Waals surface area contributed by atoms with Crippen molar-refractivity contribution in [3.8, 4) is 23.0 Å². The Labute approximate surface area is 217 Å². The molecule has 3 aromatic carbocycles. The van der Waals surface area contributed by atoms with Crippen molar-refractivity contribution in [2.75, 3.05) is 26.2 Å². The predicted octanol–water partition coefficient (Wildman–Crippen LogP) is 6.45. The quantitative estimate of drug-likeness (QED) is 0.395. The fourth-order valence-electron chi connectivity index (χ4n) is 4.71. The Morgan fingerprint density at radius 3 is 2.20 bits per heavy atom. The van der Waals surface area contributed by atoms with Crippen molar-refractivity contribution >= 4 is 24.2 Å². The normalized spacial score (nSPS) is 23.7. The summed E-state index contributed by atoms with van der Waals surface area (Å²) < 4.78 is 12.5. The van der Waals surface area contributed by atoms with Crippen molar-refractivity contribution in [1.29, 1.82) is 0 Å². The van der Waals surface area contributed by atoms with E-state index in [1.54, 1.807) is 36.0 Å². The van der Waals surface area contributed by atoms with Crippen molar-refractivity contribution in [3.63, 3.8) is 0 Å². The topological polar surface area (TPSA) is 62.2 Å². The molecule has 0 bridgehead atoms. The van der Waals surface area contributed by atoms with Gasteiger partial charge in [-0.05, 0) is 65.4 Å². The van der Waals surface area contributed by atoms with Crippen molar-refractivity contribution in [2.45, 2.75) is 30.1 Å². The molecular weight excluding hydrogens is 482 g/mol. The van der Waals surface area contributed by atoms with Gasteiger partial charge in [0, 0.05) is 19.6 Å². The Hall–Kier alpha value is -2.54. The highest BCUT2D eigenvalue weighted by atomic mass is 35.5. The molecule has 1 fully saturated rings. The number of fused-ring (bicyclic) bond motifs is 1. The zero-order chi connectivity index (χ0) is 23.7. The largest absolute Gasteiger partial charge is 0.508 e. The number of phenols is 2. The van der Waals surface area contributed by atoms with Gasteiger partial charge in [0.2, 0.25) is 0 Å². The highest BCUT2D eigenvalue weighted by molar-refractivity contribution is 7.99. The summed E-state index contributed by atoms with van der Waals surface area (Å²) in [6, 6.07) is 20.6. The molecule has 7 heteroatoms. The summed E-state index contributed by atoms with van der Waals surface area (Å²) in [4.78, 5) is 3.38. The molecule has 4 atom stereocenters. The molecule has 186 valence electrons. The van der Waals surface area contributed by atoms with Gasteiger partial charge in [-0.25, -0.2) is 0 Å². The third-order valence-electron chi connectivity index (χ3n) is 6.88. The second-order valence-corrected chi connectivity index (χ2v) is 10.6. The summed E-state index contributed by atoms with van der Waals surface area (Å²) in [6.07, 6.45) is -0.215. The monoisotopic (exact) mass is 513 g/mol. The second kappa shape index (κ2) is 11.0. The number of aromatic hydroxyl groups is 2. The molecule has 0 radical (unpaired) electrons. The van der Waals surface area contributed by atoms with Gasteiger partial charge in [-0.15, -0.1) is 24.2 Å². The van der Waals surface area contributed by atoms with Gasteiger partial charge in [-0.2, -0.15) is 0 Å². The Balaban J connectivity index is 0.00000289. The van der Waals surface area contributed by atoms with Crippen LogP contribution in [0.4, 0.5) is 0 Å². The molecule has 0 spiro atoms. The van der Waals surface area contributed by atoms with Crippen molar-refractivity contribution in [2.24, 2.45) is 11.8 Å². The molecule has 2 aliphatic heterocycles. The van der Waals surface area contributed by atoms with Crippen LogP contribution in [0, 0.1) is 11.8 Å². The number of benzene rings is 3. The van der Waals surface area contributed by atoms with Crippen LogP contribution in [0.2, 0.25) is 0 Å². The first kappa shape index (κ1) is 25.5. The lowest BCUT2D eigenvalue weighted by atomic mass is 10.00. The van der Waals surface area contributed by atoms with Crippen LogP contribution in [-0.2, 0) is 0 Å². The number of nitrogens with zero attached hydrogens (tertiary/aromatic N) is 1. The molecule has 5 rings (SSSR count). The van der Waals surface area contributed by atoms with E-state index < -0.39 is 0 Å². The molecule has 5 nitrogen and oxygen atoms in total. The maximum absolute atomic E-state index is 9.94. The van der Waals surface area contributed by atoms with Gasteiger partial charge in [0.25, 0.3) is 0 Å². The number of likely N-dealkylation sites (tertiary alicyclic amines) is 1. The lowest BCUT2D eigenvalue weighted by Crippen LogP contribution is -2.26. The number of hydrogen-bond donors (Lipinski definition) is 2. The van der Waals surface area contributed by atoms with Gasteiger partial charge in [0.15, 0.2) is 0 Å². The van der Waals surface area contributed by atoms with Crippen LogP contribution >= 0.6 is 24.2 Å². The van der Waals surface area contributed by atoms with Crippen molar-refractivity contribution in [1.82, 2.24) is 4.90 Å². The zero-order valence-electron chi connectivity index (χ0n) is 20.0. The summed E-state index contributed by atoms with van der Waals surface area (Å²) in [5, 5.41) is 19.7. The first-order valence-electron chi connectivity index (χ1n) is 11.9. The Kier molecular flexibility index (Phi) is 8.05. The molecule has 0 amide bonds. The number of thioether (sulfide) groups is 1. The van der Waals surface area contributed by atoms with E-state index in [0.717, 1.165) is 59.0 Å². The molecule has 0 aliphatic carbocycles. The zero-order valence-corrected chi connectivity index (χ0v) is 21.6. The average Bonchev–Trinajstić information content (AvgIpc) is 3.16. The molecule has 0 saturated carbocycles. The number of hydrogen-bond acceptors (Lipinski definition) is 6.